The Balaban J connectivity index is 1.50. The van der Waals surface area contributed by atoms with Gasteiger partial charge in [-0.2, -0.15) is 0 Å². The number of carbonyl (C=O) groups is 2. The van der Waals surface area contributed by atoms with E-state index < -0.39 is 17.8 Å². The maximum absolute atomic E-state index is 13.3. The molecule has 6 nitrogen and oxygen atoms in total. The van der Waals surface area contributed by atoms with Crippen molar-refractivity contribution >= 4 is 34.8 Å². The predicted octanol–water partition coefficient (Wildman–Crippen LogP) is 3.67. The summed E-state index contributed by atoms with van der Waals surface area (Å²) in [6.07, 6.45) is 2.28. The third-order valence-corrected chi connectivity index (χ3v) is 5.66. The monoisotopic (exact) mass is 451 g/mol. The van der Waals surface area contributed by atoms with E-state index in [4.69, 9.17) is 16.6 Å². The second-order valence-corrected chi connectivity index (χ2v) is 7.83. The lowest BCUT2D eigenvalue weighted by atomic mass is 10.1. The van der Waals surface area contributed by atoms with Crippen LogP contribution in [0.25, 0.3) is 0 Å². The summed E-state index contributed by atoms with van der Waals surface area (Å²) in [5.41, 5.74) is 1.50. The van der Waals surface area contributed by atoms with Crippen LogP contribution >= 0.6 is 12.2 Å². The van der Waals surface area contributed by atoms with Crippen LogP contribution in [0.3, 0.4) is 0 Å². The molecule has 1 saturated heterocycles. The molecule has 32 heavy (non-hydrogen) atoms. The zero-order valence-electron chi connectivity index (χ0n) is 17.2. The average Bonchev–Trinajstić information content (AvgIpc) is 3.41. The summed E-state index contributed by atoms with van der Waals surface area (Å²) in [6, 6.07) is 18.0. The zero-order chi connectivity index (χ0) is 22.5. The van der Waals surface area contributed by atoms with E-state index in [0.29, 0.717) is 23.1 Å². The zero-order valence-corrected chi connectivity index (χ0v) is 18.1. The number of furan rings is 1. The number of nitrogens with zero attached hydrogens (tertiary/aromatic N) is 2. The number of nitrogens with one attached hydrogen (secondary N) is 1. The van der Waals surface area contributed by atoms with Gasteiger partial charge >= 0.3 is 0 Å². The molecule has 2 heterocycles. The van der Waals surface area contributed by atoms with Crippen molar-refractivity contribution in [2.24, 2.45) is 0 Å². The topological polar surface area (TPSA) is 65.8 Å². The first-order valence-corrected chi connectivity index (χ1v) is 10.7. The maximum Gasteiger partial charge on any atom is 0.257 e. The molecule has 0 aliphatic carbocycles. The fourth-order valence-electron chi connectivity index (χ4n) is 3.67. The minimum absolute atomic E-state index is 0.0303. The van der Waals surface area contributed by atoms with Crippen molar-refractivity contribution in [1.29, 1.82) is 0 Å². The van der Waals surface area contributed by atoms with Gasteiger partial charge in [0, 0.05) is 6.54 Å². The van der Waals surface area contributed by atoms with Crippen LogP contribution in [-0.4, -0.2) is 34.4 Å². The Labute approximate surface area is 190 Å². The SMILES string of the molecule is O=C1C[C@H](N(Cc2ccco2)C(=S)NCCc2ccccc2)C(=O)N1c1ccc(F)cc1. The van der Waals surface area contributed by atoms with E-state index in [1.54, 1.807) is 23.3 Å². The van der Waals surface area contributed by atoms with Gasteiger partial charge in [-0.05, 0) is 60.6 Å². The second kappa shape index (κ2) is 9.74. The van der Waals surface area contributed by atoms with Crippen molar-refractivity contribution in [2.75, 3.05) is 11.4 Å². The van der Waals surface area contributed by atoms with E-state index in [0.717, 1.165) is 16.9 Å². The molecule has 0 bridgehead atoms. The number of rotatable bonds is 7. The first kappa shape index (κ1) is 21.7. The number of hydrogen-bond donors (Lipinski definition) is 1. The Hall–Kier alpha value is -3.52. The summed E-state index contributed by atoms with van der Waals surface area (Å²) < 4.78 is 18.8. The van der Waals surface area contributed by atoms with E-state index >= 15 is 0 Å². The Morgan fingerprint density at radius 3 is 2.53 bits per heavy atom. The van der Waals surface area contributed by atoms with E-state index in [-0.39, 0.29) is 18.9 Å². The standard InChI is InChI=1S/C24H22FN3O3S/c25-18-8-10-19(11-9-18)28-22(29)15-21(23(28)30)27(16-20-7-4-14-31-20)24(32)26-13-12-17-5-2-1-3-6-17/h1-11,14,21H,12-13,15-16H2,(H,26,32)/t21-/m0/s1. The molecule has 1 aliphatic heterocycles. The number of amides is 2. The average molecular weight is 452 g/mol. The summed E-state index contributed by atoms with van der Waals surface area (Å²) in [5.74, 6) is -0.575. The number of benzene rings is 2. The van der Waals surface area contributed by atoms with Gasteiger partial charge in [-0.15, -0.1) is 0 Å². The summed E-state index contributed by atoms with van der Waals surface area (Å²) in [7, 11) is 0. The molecule has 1 N–H and O–H groups in total. The largest absolute Gasteiger partial charge is 0.467 e. The fourth-order valence-corrected chi connectivity index (χ4v) is 3.97. The predicted molar refractivity (Wildman–Crippen MR) is 122 cm³/mol. The summed E-state index contributed by atoms with van der Waals surface area (Å²) in [6.45, 7) is 0.819. The van der Waals surface area contributed by atoms with Crippen LogP contribution in [0.4, 0.5) is 10.1 Å². The summed E-state index contributed by atoms with van der Waals surface area (Å²) >= 11 is 5.61. The highest BCUT2D eigenvalue weighted by Crippen LogP contribution is 2.27. The summed E-state index contributed by atoms with van der Waals surface area (Å²) in [5, 5.41) is 3.57. The van der Waals surface area contributed by atoms with Crippen molar-refractivity contribution in [3.05, 3.63) is 90.1 Å². The van der Waals surface area contributed by atoms with Gasteiger partial charge in [-0.25, -0.2) is 9.29 Å². The second-order valence-electron chi connectivity index (χ2n) is 7.44. The Kier molecular flexibility index (Phi) is 6.61. The highest BCUT2D eigenvalue weighted by Gasteiger charge is 2.43. The molecule has 0 saturated carbocycles. The lowest BCUT2D eigenvalue weighted by molar-refractivity contribution is -0.122. The third-order valence-electron chi connectivity index (χ3n) is 5.28. The van der Waals surface area contributed by atoms with Crippen molar-refractivity contribution < 1.29 is 18.4 Å². The molecule has 2 amide bonds. The number of imide groups is 1. The van der Waals surface area contributed by atoms with Crippen LogP contribution in [0.2, 0.25) is 0 Å². The Morgan fingerprint density at radius 1 is 1.09 bits per heavy atom. The van der Waals surface area contributed by atoms with Crippen molar-refractivity contribution in [3.63, 3.8) is 0 Å². The van der Waals surface area contributed by atoms with Gasteiger partial charge in [0.05, 0.1) is 24.9 Å². The summed E-state index contributed by atoms with van der Waals surface area (Å²) in [4.78, 5) is 28.7. The quantitative estimate of drug-likeness (QED) is 0.437. The molecule has 0 radical (unpaired) electrons. The molecule has 1 fully saturated rings. The highest BCUT2D eigenvalue weighted by molar-refractivity contribution is 7.80. The number of hydrogen-bond acceptors (Lipinski definition) is 4. The molecule has 164 valence electrons. The minimum atomic E-state index is -0.783. The van der Waals surface area contributed by atoms with Gasteiger partial charge in [0.2, 0.25) is 5.91 Å². The molecule has 3 aromatic rings. The van der Waals surface area contributed by atoms with Crippen LogP contribution < -0.4 is 10.2 Å². The van der Waals surface area contributed by atoms with Crippen molar-refractivity contribution in [2.45, 2.75) is 25.4 Å². The molecular formula is C24H22FN3O3S. The maximum atomic E-state index is 13.3. The Morgan fingerprint density at radius 2 is 1.84 bits per heavy atom. The van der Waals surface area contributed by atoms with Gasteiger partial charge in [0.25, 0.3) is 5.91 Å². The first-order valence-electron chi connectivity index (χ1n) is 10.3. The lowest BCUT2D eigenvalue weighted by Gasteiger charge is -2.29. The number of anilines is 1. The van der Waals surface area contributed by atoms with Crippen molar-refractivity contribution in [1.82, 2.24) is 10.2 Å². The van der Waals surface area contributed by atoms with Crippen LogP contribution in [0.15, 0.2) is 77.4 Å². The van der Waals surface area contributed by atoms with Gasteiger partial charge in [0.15, 0.2) is 5.11 Å². The molecule has 1 aromatic heterocycles. The fraction of sp³-hybridized carbons (Fsp3) is 0.208. The molecule has 2 aromatic carbocycles. The van der Waals surface area contributed by atoms with Gasteiger partial charge < -0.3 is 14.6 Å². The minimum Gasteiger partial charge on any atom is -0.467 e. The normalized spacial score (nSPS) is 15.8. The van der Waals surface area contributed by atoms with E-state index in [2.05, 4.69) is 5.32 Å². The van der Waals surface area contributed by atoms with Crippen molar-refractivity contribution in [3.8, 4) is 0 Å². The third kappa shape index (κ3) is 4.86. The molecule has 0 unspecified atom stereocenters. The smallest absolute Gasteiger partial charge is 0.257 e. The number of carbonyl (C=O) groups excluding carboxylic acids is 2. The van der Waals surface area contributed by atoms with Crippen LogP contribution in [0, 0.1) is 5.82 Å². The molecule has 1 atom stereocenters. The van der Waals surface area contributed by atoms with Gasteiger partial charge in [-0.3, -0.25) is 9.59 Å². The lowest BCUT2D eigenvalue weighted by Crippen LogP contribution is -2.49. The molecule has 4 rings (SSSR count). The van der Waals surface area contributed by atoms with E-state index in [1.165, 1.54) is 24.3 Å². The number of halogens is 1. The van der Waals surface area contributed by atoms with Gasteiger partial charge in [0.1, 0.15) is 17.6 Å². The van der Waals surface area contributed by atoms with Crippen LogP contribution in [0.1, 0.15) is 17.7 Å². The van der Waals surface area contributed by atoms with Crippen LogP contribution in [-0.2, 0) is 22.6 Å². The van der Waals surface area contributed by atoms with Gasteiger partial charge in [-0.1, -0.05) is 30.3 Å². The Bertz CT molecular complexity index is 1090. The molecule has 0 spiro atoms. The first-order chi connectivity index (χ1) is 15.5. The molecule has 8 heteroatoms. The van der Waals surface area contributed by atoms with E-state index in [9.17, 15) is 14.0 Å². The van der Waals surface area contributed by atoms with Crippen LogP contribution in [0.5, 0.6) is 0 Å². The van der Waals surface area contributed by atoms with E-state index in [1.807, 2.05) is 30.3 Å². The number of thiocarbonyl (C=S) groups is 1. The highest BCUT2D eigenvalue weighted by atomic mass is 32.1. The molecular weight excluding hydrogens is 429 g/mol. The molecule has 1 aliphatic rings.